The molecule has 7 heteroatoms. The third-order valence-electron chi connectivity index (χ3n) is 5.22. The first-order chi connectivity index (χ1) is 16.0. The van der Waals surface area contributed by atoms with Crippen LogP contribution in [0.5, 0.6) is 5.75 Å². The van der Waals surface area contributed by atoms with Crippen molar-refractivity contribution in [3.05, 3.63) is 59.7 Å². The Hall–Kier alpha value is -2.45. The van der Waals surface area contributed by atoms with Crippen LogP contribution in [0.25, 0.3) is 17.2 Å². The molecule has 1 N–H and O–H groups in total. The van der Waals surface area contributed by atoms with Gasteiger partial charge in [0.05, 0.1) is 7.11 Å². The summed E-state index contributed by atoms with van der Waals surface area (Å²) in [5, 5.41) is 8.76. The van der Waals surface area contributed by atoms with Crippen LogP contribution < -0.4 is 4.74 Å². The second kappa shape index (κ2) is 13.9. The monoisotopic (exact) mass is 472 g/mol. The molecule has 0 heterocycles. The van der Waals surface area contributed by atoms with Crippen LogP contribution >= 0.6 is 0 Å². The van der Waals surface area contributed by atoms with E-state index in [0.717, 1.165) is 53.8 Å². The molecule has 0 fully saturated rings. The minimum absolute atomic E-state index is 0.596. The van der Waals surface area contributed by atoms with E-state index in [1.54, 1.807) is 13.2 Å². The molecule has 6 nitrogen and oxygen atoms in total. The van der Waals surface area contributed by atoms with Crippen LogP contribution in [0.4, 0.5) is 0 Å². The normalized spacial score (nSPS) is 11.8. The highest BCUT2D eigenvalue weighted by atomic mass is 28.4. The van der Waals surface area contributed by atoms with E-state index in [0.29, 0.717) is 19.8 Å². The summed E-state index contributed by atoms with van der Waals surface area (Å²) < 4.78 is 23.5. The number of benzene rings is 2. The fourth-order valence-corrected chi connectivity index (χ4v) is 6.43. The Morgan fingerprint density at radius 3 is 2.06 bits per heavy atom. The zero-order valence-electron chi connectivity index (χ0n) is 20.1. The quantitative estimate of drug-likeness (QED) is 0.200. The fourth-order valence-electron chi connectivity index (χ4n) is 3.74. The predicted octanol–water partition coefficient (Wildman–Crippen LogP) is 5.83. The van der Waals surface area contributed by atoms with Gasteiger partial charge in [-0.05, 0) is 74.4 Å². The van der Waals surface area contributed by atoms with E-state index in [-0.39, 0.29) is 0 Å². The lowest BCUT2D eigenvalue weighted by atomic mass is 9.99. The molecule has 2 aromatic carbocycles. The molecule has 0 amide bonds. The number of ether oxygens (including phenoxy) is 1. The first-order valence-electron chi connectivity index (χ1n) is 11.6. The molecular weight excluding hydrogens is 436 g/mol. The number of carboxylic acids is 1. The van der Waals surface area contributed by atoms with Crippen LogP contribution in [-0.2, 0) is 24.5 Å². The minimum atomic E-state index is -2.59. The van der Waals surface area contributed by atoms with Gasteiger partial charge in [-0.15, -0.1) is 0 Å². The van der Waals surface area contributed by atoms with E-state index in [4.69, 9.17) is 23.1 Å². The highest BCUT2D eigenvalue weighted by molar-refractivity contribution is 6.60. The van der Waals surface area contributed by atoms with Crippen LogP contribution in [0, 0.1) is 0 Å². The molecule has 0 atom stereocenters. The van der Waals surface area contributed by atoms with Crippen LogP contribution in [-0.4, -0.2) is 46.8 Å². The van der Waals surface area contributed by atoms with Crippen LogP contribution in [0.1, 0.15) is 44.7 Å². The summed E-state index contributed by atoms with van der Waals surface area (Å²) in [5.41, 5.74) is 4.11. The third-order valence-corrected chi connectivity index (χ3v) is 8.37. The van der Waals surface area contributed by atoms with Crippen molar-refractivity contribution >= 4 is 20.8 Å². The molecule has 0 spiro atoms. The summed E-state index contributed by atoms with van der Waals surface area (Å²) >= 11 is 0. The van der Waals surface area contributed by atoms with Crippen molar-refractivity contribution in [2.24, 2.45) is 0 Å². The summed E-state index contributed by atoms with van der Waals surface area (Å²) in [6.45, 7) is 7.72. The average Bonchev–Trinajstić information content (AvgIpc) is 2.81. The van der Waals surface area contributed by atoms with E-state index < -0.39 is 14.8 Å². The average molecular weight is 473 g/mol. The van der Waals surface area contributed by atoms with Crippen molar-refractivity contribution in [3.8, 4) is 16.9 Å². The smallest absolute Gasteiger partial charge is 0.496 e. The molecule has 0 aromatic heterocycles. The Bertz CT molecular complexity index is 877. The van der Waals surface area contributed by atoms with Gasteiger partial charge >= 0.3 is 14.8 Å². The van der Waals surface area contributed by atoms with Gasteiger partial charge in [-0.2, -0.15) is 0 Å². The van der Waals surface area contributed by atoms with Crippen LogP contribution in [0.15, 0.2) is 48.5 Å². The maximum atomic E-state index is 10.7. The summed E-state index contributed by atoms with van der Waals surface area (Å²) in [4.78, 5) is 10.7. The van der Waals surface area contributed by atoms with Crippen molar-refractivity contribution in [1.82, 2.24) is 0 Å². The lowest BCUT2D eigenvalue weighted by Gasteiger charge is -2.28. The topological polar surface area (TPSA) is 74.2 Å². The molecule has 0 aliphatic rings. The summed E-state index contributed by atoms with van der Waals surface area (Å²) in [6.07, 6.45) is 5.56. The van der Waals surface area contributed by atoms with Gasteiger partial charge < -0.3 is 23.1 Å². The second-order valence-electron chi connectivity index (χ2n) is 7.51. The Morgan fingerprint density at radius 1 is 0.909 bits per heavy atom. The standard InChI is InChI=1S/C26H36O6Si/c1-5-30-33(31-6-2,32-7-3)19-9-8-10-23-16-17-24(20-25(23)29-4)22-14-11-21(12-15-22)13-18-26(27)28/h11-18,20H,5-10,19H2,1-4H3,(H,27,28). The molecule has 0 aliphatic carbocycles. The Labute approximate surface area is 198 Å². The molecule has 2 rings (SSSR count). The largest absolute Gasteiger partial charge is 0.500 e. The summed E-state index contributed by atoms with van der Waals surface area (Å²) in [6, 6.07) is 14.8. The van der Waals surface area contributed by atoms with Gasteiger partial charge in [0.2, 0.25) is 0 Å². The Morgan fingerprint density at radius 2 is 1.52 bits per heavy atom. The number of rotatable bonds is 15. The van der Waals surface area contributed by atoms with Gasteiger partial charge in [0.25, 0.3) is 0 Å². The van der Waals surface area contributed by atoms with E-state index >= 15 is 0 Å². The summed E-state index contributed by atoms with van der Waals surface area (Å²) in [7, 11) is -0.900. The van der Waals surface area contributed by atoms with Crippen LogP contribution in [0.2, 0.25) is 6.04 Å². The molecule has 180 valence electrons. The molecule has 0 saturated carbocycles. The lowest BCUT2D eigenvalue weighted by molar-refractivity contribution is -0.131. The zero-order chi connectivity index (χ0) is 24.1. The number of carboxylic acid groups (broad SMARTS) is 1. The number of hydrogen-bond acceptors (Lipinski definition) is 5. The highest BCUT2D eigenvalue weighted by Gasteiger charge is 2.39. The van der Waals surface area contributed by atoms with Gasteiger partial charge in [-0.1, -0.05) is 36.4 Å². The number of hydrogen-bond donors (Lipinski definition) is 1. The summed E-state index contributed by atoms with van der Waals surface area (Å²) in [5.74, 6) is -0.0913. The molecule has 33 heavy (non-hydrogen) atoms. The van der Waals surface area contributed by atoms with Crippen molar-refractivity contribution in [2.45, 2.75) is 46.1 Å². The van der Waals surface area contributed by atoms with Crippen molar-refractivity contribution in [1.29, 1.82) is 0 Å². The molecule has 0 radical (unpaired) electrons. The van der Waals surface area contributed by atoms with Crippen LogP contribution in [0.3, 0.4) is 0 Å². The SMILES string of the molecule is CCO[Si](CCCCc1ccc(-c2ccc(C=CC(=O)O)cc2)cc1OC)(OCC)OCC. The Balaban J connectivity index is 2.02. The molecule has 0 bridgehead atoms. The molecule has 2 aromatic rings. The molecule has 0 saturated heterocycles. The number of aliphatic carboxylic acids is 1. The number of carbonyl (C=O) groups is 1. The number of methoxy groups -OCH3 is 1. The van der Waals surface area contributed by atoms with Gasteiger partial charge in [0.1, 0.15) is 5.75 Å². The molecule has 0 unspecified atom stereocenters. The van der Waals surface area contributed by atoms with Crippen molar-refractivity contribution in [3.63, 3.8) is 0 Å². The first-order valence-corrected chi connectivity index (χ1v) is 13.5. The second-order valence-corrected chi connectivity index (χ2v) is 10.2. The van der Waals surface area contributed by atoms with E-state index in [1.165, 1.54) is 5.56 Å². The first kappa shape index (κ1) is 26.8. The van der Waals surface area contributed by atoms with Crippen molar-refractivity contribution in [2.75, 3.05) is 26.9 Å². The Kier molecular flexibility index (Phi) is 11.3. The lowest BCUT2D eigenvalue weighted by Crippen LogP contribution is -2.45. The predicted molar refractivity (Wildman–Crippen MR) is 133 cm³/mol. The van der Waals surface area contributed by atoms with E-state index in [9.17, 15) is 4.79 Å². The maximum absolute atomic E-state index is 10.7. The van der Waals surface area contributed by atoms with Crippen molar-refractivity contribution < 1.29 is 27.9 Å². The van der Waals surface area contributed by atoms with Gasteiger partial charge in [-0.3, -0.25) is 0 Å². The highest BCUT2D eigenvalue weighted by Crippen LogP contribution is 2.29. The van der Waals surface area contributed by atoms with E-state index in [1.807, 2.05) is 45.0 Å². The van der Waals surface area contributed by atoms with Gasteiger partial charge in [-0.25, -0.2) is 4.79 Å². The van der Waals surface area contributed by atoms with E-state index in [2.05, 4.69) is 18.2 Å². The third kappa shape index (κ3) is 8.44. The van der Waals surface area contributed by atoms with Gasteiger partial charge in [0, 0.05) is 31.9 Å². The van der Waals surface area contributed by atoms with Gasteiger partial charge in [0.15, 0.2) is 0 Å². The fraction of sp³-hybridized carbons (Fsp3) is 0.423. The zero-order valence-corrected chi connectivity index (χ0v) is 21.1. The molecule has 0 aliphatic heterocycles. The number of aryl methyl sites for hydroxylation is 1. The number of unbranched alkanes of at least 4 members (excludes halogenated alkanes) is 1. The molecular formula is C26H36O6Si. The minimum Gasteiger partial charge on any atom is -0.496 e. The maximum Gasteiger partial charge on any atom is 0.500 e.